The standard InChI is InChI=1S/C19H32N4O2/c1-7-20-18(23(6)13-17(25)22-19(3,4)5)21-12-16(24)15-10-8-14(2)9-11-15/h8-11,16,24H,7,12-13H2,1-6H3,(H,20,21)(H,22,25). The lowest BCUT2D eigenvalue weighted by molar-refractivity contribution is -0.122. The van der Waals surface area contributed by atoms with Gasteiger partial charge >= 0.3 is 0 Å². The Morgan fingerprint density at radius 1 is 1.28 bits per heavy atom. The van der Waals surface area contributed by atoms with E-state index in [1.54, 1.807) is 4.90 Å². The highest BCUT2D eigenvalue weighted by atomic mass is 16.3. The van der Waals surface area contributed by atoms with Gasteiger partial charge < -0.3 is 20.6 Å². The predicted octanol–water partition coefficient (Wildman–Crippen LogP) is 1.84. The lowest BCUT2D eigenvalue weighted by Gasteiger charge is -2.25. The maximum Gasteiger partial charge on any atom is 0.240 e. The van der Waals surface area contributed by atoms with Crippen molar-refractivity contribution < 1.29 is 9.90 Å². The van der Waals surface area contributed by atoms with E-state index < -0.39 is 6.10 Å². The summed E-state index contributed by atoms with van der Waals surface area (Å²) in [5, 5.41) is 16.4. The van der Waals surface area contributed by atoms with Crippen molar-refractivity contribution in [3.63, 3.8) is 0 Å². The van der Waals surface area contributed by atoms with E-state index in [0.29, 0.717) is 12.5 Å². The first-order chi connectivity index (χ1) is 11.6. The molecule has 1 atom stereocenters. The summed E-state index contributed by atoms with van der Waals surface area (Å²) < 4.78 is 0. The van der Waals surface area contributed by atoms with Crippen molar-refractivity contribution in [2.75, 3.05) is 26.7 Å². The fourth-order valence-electron chi connectivity index (χ4n) is 2.28. The van der Waals surface area contributed by atoms with Gasteiger partial charge in [-0.05, 0) is 40.2 Å². The number of carbonyl (C=O) groups is 1. The molecule has 0 saturated heterocycles. The van der Waals surface area contributed by atoms with Crippen LogP contribution in [-0.4, -0.2) is 54.1 Å². The molecule has 140 valence electrons. The van der Waals surface area contributed by atoms with Crippen molar-refractivity contribution >= 4 is 11.9 Å². The lowest BCUT2D eigenvalue weighted by atomic mass is 10.1. The van der Waals surface area contributed by atoms with E-state index in [1.807, 2.05) is 65.9 Å². The van der Waals surface area contributed by atoms with Crippen molar-refractivity contribution in [3.05, 3.63) is 35.4 Å². The monoisotopic (exact) mass is 348 g/mol. The Balaban J connectivity index is 2.71. The molecule has 0 aliphatic rings. The molecule has 0 aromatic heterocycles. The van der Waals surface area contributed by atoms with E-state index in [9.17, 15) is 9.90 Å². The highest BCUT2D eigenvalue weighted by molar-refractivity contribution is 5.86. The van der Waals surface area contributed by atoms with Crippen LogP contribution in [0.15, 0.2) is 29.3 Å². The molecular formula is C19H32N4O2. The summed E-state index contributed by atoms with van der Waals surface area (Å²) in [4.78, 5) is 18.3. The normalized spacial score (nSPS) is 13.3. The molecule has 0 fully saturated rings. The average molecular weight is 348 g/mol. The topological polar surface area (TPSA) is 77.0 Å². The number of guanidine groups is 1. The molecule has 1 aromatic rings. The van der Waals surface area contributed by atoms with Crippen LogP contribution in [0.4, 0.5) is 0 Å². The molecule has 25 heavy (non-hydrogen) atoms. The first-order valence-corrected chi connectivity index (χ1v) is 8.67. The zero-order valence-corrected chi connectivity index (χ0v) is 16.3. The van der Waals surface area contributed by atoms with Gasteiger partial charge in [-0.3, -0.25) is 9.79 Å². The minimum Gasteiger partial charge on any atom is -0.386 e. The van der Waals surface area contributed by atoms with Crippen LogP contribution in [0.3, 0.4) is 0 Å². The summed E-state index contributed by atoms with van der Waals surface area (Å²) in [6, 6.07) is 7.75. The molecule has 6 heteroatoms. The number of rotatable bonds is 6. The number of aliphatic imine (C=N–C) groups is 1. The van der Waals surface area contributed by atoms with Crippen molar-refractivity contribution in [2.24, 2.45) is 4.99 Å². The third-order valence-electron chi connectivity index (χ3n) is 3.47. The van der Waals surface area contributed by atoms with Gasteiger partial charge in [0.25, 0.3) is 0 Å². The van der Waals surface area contributed by atoms with E-state index in [1.165, 1.54) is 0 Å². The van der Waals surface area contributed by atoms with Gasteiger partial charge in [-0.1, -0.05) is 29.8 Å². The van der Waals surface area contributed by atoms with Crippen molar-refractivity contribution in [1.29, 1.82) is 0 Å². The molecule has 1 unspecified atom stereocenters. The fourth-order valence-corrected chi connectivity index (χ4v) is 2.28. The Kier molecular flexibility index (Phi) is 7.90. The summed E-state index contributed by atoms with van der Waals surface area (Å²) in [7, 11) is 1.81. The second-order valence-corrected chi connectivity index (χ2v) is 7.28. The zero-order valence-electron chi connectivity index (χ0n) is 16.3. The first-order valence-electron chi connectivity index (χ1n) is 8.67. The van der Waals surface area contributed by atoms with Gasteiger partial charge in [0.1, 0.15) is 0 Å². The smallest absolute Gasteiger partial charge is 0.240 e. The van der Waals surface area contributed by atoms with Gasteiger partial charge in [-0.25, -0.2) is 0 Å². The molecule has 0 spiro atoms. The number of benzene rings is 1. The van der Waals surface area contributed by atoms with Gasteiger partial charge in [-0.15, -0.1) is 0 Å². The Bertz CT molecular complexity index is 576. The second-order valence-electron chi connectivity index (χ2n) is 7.28. The van der Waals surface area contributed by atoms with Gasteiger partial charge in [0.15, 0.2) is 5.96 Å². The van der Waals surface area contributed by atoms with Crippen LogP contribution < -0.4 is 10.6 Å². The maximum atomic E-state index is 12.1. The number of hydrogen-bond acceptors (Lipinski definition) is 3. The van der Waals surface area contributed by atoms with E-state index in [4.69, 9.17) is 0 Å². The van der Waals surface area contributed by atoms with E-state index in [0.717, 1.165) is 11.1 Å². The molecule has 0 aliphatic heterocycles. The van der Waals surface area contributed by atoms with E-state index in [-0.39, 0.29) is 24.5 Å². The molecule has 3 N–H and O–H groups in total. The van der Waals surface area contributed by atoms with Crippen LogP contribution in [0.1, 0.15) is 44.9 Å². The molecular weight excluding hydrogens is 316 g/mol. The second kappa shape index (κ2) is 9.42. The number of hydrogen-bond donors (Lipinski definition) is 3. The van der Waals surface area contributed by atoms with Crippen LogP contribution in [-0.2, 0) is 4.79 Å². The number of nitrogens with one attached hydrogen (secondary N) is 2. The first kappa shape index (κ1) is 21.0. The highest BCUT2D eigenvalue weighted by Gasteiger charge is 2.17. The van der Waals surface area contributed by atoms with Gasteiger partial charge in [0, 0.05) is 19.1 Å². The Labute approximate surface area is 151 Å². The van der Waals surface area contributed by atoms with Crippen LogP contribution in [0, 0.1) is 6.92 Å². The fraction of sp³-hybridized carbons (Fsp3) is 0.579. The minimum absolute atomic E-state index is 0.0697. The Morgan fingerprint density at radius 3 is 2.40 bits per heavy atom. The summed E-state index contributed by atoms with van der Waals surface area (Å²) in [6.45, 7) is 10.9. The largest absolute Gasteiger partial charge is 0.386 e. The zero-order chi connectivity index (χ0) is 19.0. The van der Waals surface area contributed by atoms with Gasteiger partial charge in [0.05, 0.1) is 19.2 Å². The number of aliphatic hydroxyl groups excluding tert-OH is 1. The van der Waals surface area contributed by atoms with Crippen LogP contribution in [0.2, 0.25) is 0 Å². The molecule has 0 radical (unpaired) electrons. The summed E-state index contributed by atoms with van der Waals surface area (Å²) in [6.07, 6.45) is -0.675. The Hall–Kier alpha value is -2.08. The maximum absolute atomic E-state index is 12.1. The van der Waals surface area contributed by atoms with Crippen molar-refractivity contribution in [1.82, 2.24) is 15.5 Å². The predicted molar refractivity (Wildman–Crippen MR) is 103 cm³/mol. The molecule has 1 amide bonds. The average Bonchev–Trinajstić information content (AvgIpc) is 2.49. The minimum atomic E-state index is -0.675. The number of carbonyl (C=O) groups excluding carboxylic acids is 1. The van der Waals surface area contributed by atoms with Crippen molar-refractivity contribution in [2.45, 2.75) is 46.3 Å². The van der Waals surface area contributed by atoms with E-state index in [2.05, 4.69) is 15.6 Å². The number of nitrogens with zero attached hydrogens (tertiary/aromatic N) is 2. The molecule has 0 aliphatic carbocycles. The Morgan fingerprint density at radius 2 is 1.88 bits per heavy atom. The lowest BCUT2D eigenvalue weighted by Crippen LogP contribution is -2.48. The van der Waals surface area contributed by atoms with Gasteiger partial charge in [0.2, 0.25) is 5.91 Å². The SMILES string of the molecule is CCNC(=NCC(O)c1ccc(C)cc1)N(C)CC(=O)NC(C)(C)C. The number of aliphatic hydroxyl groups is 1. The van der Waals surface area contributed by atoms with Crippen molar-refractivity contribution in [3.8, 4) is 0 Å². The quantitative estimate of drug-likeness (QED) is 0.542. The third kappa shape index (κ3) is 8.03. The molecule has 0 heterocycles. The highest BCUT2D eigenvalue weighted by Crippen LogP contribution is 2.14. The van der Waals surface area contributed by atoms with Crippen LogP contribution in [0.25, 0.3) is 0 Å². The van der Waals surface area contributed by atoms with Gasteiger partial charge in [-0.2, -0.15) is 0 Å². The molecule has 1 aromatic carbocycles. The molecule has 0 bridgehead atoms. The summed E-state index contributed by atoms with van der Waals surface area (Å²) in [5.74, 6) is 0.525. The third-order valence-corrected chi connectivity index (χ3v) is 3.47. The molecule has 0 saturated carbocycles. The number of likely N-dealkylation sites (N-methyl/N-ethyl adjacent to an activating group) is 1. The number of amides is 1. The number of aryl methyl sites for hydroxylation is 1. The van der Waals surface area contributed by atoms with Crippen LogP contribution in [0.5, 0.6) is 0 Å². The molecule has 1 rings (SSSR count). The molecule has 6 nitrogen and oxygen atoms in total. The summed E-state index contributed by atoms with van der Waals surface area (Å²) in [5.41, 5.74) is 1.71. The summed E-state index contributed by atoms with van der Waals surface area (Å²) >= 11 is 0. The van der Waals surface area contributed by atoms with E-state index >= 15 is 0 Å². The van der Waals surface area contributed by atoms with Crippen LogP contribution >= 0.6 is 0 Å².